The van der Waals surface area contributed by atoms with Gasteiger partial charge in [0.2, 0.25) is 5.91 Å². The molecule has 0 bridgehead atoms. The van der Waals surface area contributed by atoms with E-state index < -0.39 is 0 Å². The van der Waals surface area contributed by atoms with Crippen molar-refractivity contribution < 1.29 is 14.3 Å². The number of hydrogen-bond donors (Lipinski definition) is 0. The van der Waals surface area contributed by atoms with Crippen LogP contribution in [0.3, 0.4) is 0 Å². The Kier molecular flexibility index (Phi) is 7.97. The molecule has 1 aromatic heterocycles. The summed E-state index contributed by atoms with van der Waals surface area (Å²) in [5.74, 6) is 1.39. The Morgan fingerprint density at radius 2 is 1.97 bits per heavy atom. The van der Waals surface area contributed by atoms with Crippen LogP contribution < -0.4 is 0 Å². The van der Waals surface area contributed by atoms with Gasteiger partial charge in [0.1, 0.15) is 0 Å². The molecule has 3 rings (SSSR count). The molecule has 2 saturated heterocycles. The van der Waals surface area contributed by atoms with Crippen LogP contribution in [0.15, 0.2) is 0 Å². The normalized spacial score (nSPS) is 21.3. The van der Waals surface area contributed by atoms with E-state index in [0.29, 0.717) is 32.5 Å². The lowest BCUT2D eigenvalue weighted by Gasteiger charge is -2.31. The number of rotatable bonds is 8. The van der Waals surface area contributed by atoms with Crippen LogP contribution in [-0.2, 0) is 27.4 Å². The van der Waals surface area contributed by atoms with Gasteiger partial charge in [-0.3, -0.25) is 14.5 Å². The average molecular weight is 407 g/mol. The SMILES string of the molecule is CCOC(=O)[C@@H]1CCCN(C(=O)CCCn2nnnc2CN2CCC(C)CC2)C1. The summed E-state index contributed by atoms with van der Waals surface area (Å²) in [4.78, 5) is 28.8. The van der Waals surface area contributed by atoms with E-state index in [1.165, 1.54) is 12.8 Å². The first-order chi connectivity index (χ1) is 14.1. The maximum atomic E-state index is 12.6. The van der Waals surface area contributed by atoms with Gasteiger partial charge in [0.05, 0.1) is 19.1 Å². The number of tetrazole rings is 1. The van der Waals surface area contributed by atoms with E-state index in [9.17, 15) is 9.59 Å². The van der Waals surface area contributed by atoms with Crippen molar-refractivity contribution in [3.63, 3.8) is 0 Å². The van der Waals surface area contributed by atoms with Crippen LogP contribution in [0.1, 0.15) is 58.2 Å². The molecule has 9 heteroatoms. The molecule has 0 radical (unpaired) electrons. The minimum atomic E-state index is -0.189. The maximum Gasteiger partial charge on any atom is 0.310 e. The molecule has 0 unspecified atom stereocenters. The van der Waals surface area contributed by atoms with Gasteiger partial charge in [0.15, 0.2) is 5.82 Å². The summed E-state index contributed by atoms with van der Waals surface area (Å²) in [7, 11) is 0. The second-order valence-electron chi connectivity index (χ2n) is 8.31. The molecule has 0 spiro atoms. The molecule has 2 aliphatic rings. The maximum absolute atomic E-state index is 12.6. The third-order valence-electron chi connectivity index (χ3n) is 6.00. The van der Waals surface area contributed by atoms with Gasteiger partial charge in [0, 0.05) is 26.1 Å². The van der Waals surface area contributed by atoms with E-state index in [1.54, 1.807) is 4.90 Å². The summed E-state index contributed by atoms with van der Waals surface area (Å²) in [5, 5.41) is 12.1. The van der Waals surface area contributed by atoms with Crippen molar-refractivity contribution in [2.75, 3.05) is 32.8 Å². The van der Waals surface area contributed by atoms with Gasteiger partial charge in [-0.2, -0.15) is 0 Å². The Bertz CT molecular complexity index is 671. The molecule has 1 atom stereocenters. The molecule has 29 heavy (non-hydrogen) atoms. The van der Waals surface area contributed by atoms with Crippen molar-refractivity contribution >= 4 is 11.9 Å². The van der Waals surface area contributed by atoms with E-state index in [4.69, 9.17) is 4.74 Å². The third kappa shape index (κ3) is 6.22. The number of carbonyl (C=O) groups is 2. The van der Waals surface area contributed by atoms with Gasteiger partial charge < -0.3 is 9.64 Å². The molecule has 162 valence electrons. The van der Waals surface area contributed by atoms with E-state index >= 15 is 0 Å². The van der Waals surface area contributed by atoms with Gasteiger partial charge >= 0.3 is 5.97 Å². The Morgan fingerprint density at radius 3 is 2.72 bits per heavy atom. The highest BCUT2D eigenvalue weighted by Gasteiger charge is 2.29. The topological polar surface area (TPSA) is 93.5 Å². The molecule has 2 aliphatic heterocycles. The molecule has 1 aromatic rings. The zero-order valence-electron chi connectivity index (χ0n) is 17.8. The summed E-state index contributed by atoms with van der Waals surface area (Å²) in [6, 6.07) is 0. The zero-order chi connectivity index (χ0) is 20.6. The number of hydrogen-bond acceptors (Lipinski definition) is 7. The largest absolute Gasteiger partial charge is 0.466 e. The Morgan fingerprint density at radius 1 is 1.17 bits per heavy atom. The first-order valence-corrected chi connectivity index (χ1v) is 11.0. The van der Waals surface area contributed by atoms with E-state index in [2.05, 4.69) is 27.3 Å². The van der Waals surface area contributed by atoms with Crippen LogP contribution in [0, 0.1) is 11.8 Å². The van der Waals surface area contributed by atoms with E-state index in [0.717, 1.165) is 50.8 Å². The molecule has 3 heterocycles. The summed E-state index contributed by atoms with van der Waals surface area (Å²) >= 11 is 0. The second-order valence-corrected chi connectivity index (χ2v) is 8.31. The summed E-state index contributed by atoms with van der Waals surface area (Å²) < 4.78 is 6.94. The van der Waals surface area contributed by atoms with Crippen molar-refractivity contribution in [3.8, 4) is 0 Å². The molecule has 0 N–H and O–H groups in total. The lowest BCUT2D eigenvalue weighted by atomic mass is 9.98. The Balaban J connectivity index is 1.42. The summed E-state index contributed by atoms with van der Waals surface area (Å²) in [6.45, 7) is 9.26. The molecular weight excluding hydrogens is 372 g/mol. The minimum absolute atomic E-state index is 0.0960. The fourth-order valence-electron chi connectivity index (χ4n) is 4.12. The van der Waals surface area contributed by atoms with Crippen LogP contribution >= 0.6 is 0 Å². The van der Waals surface area contributed by atoms with Gasteiger partial charge in [-0.05, 0) is 68.5 Å². The van der Waals surface area contributed by atoms with Gasteiger partial charge in [-0.15, -0.1) is 5.10 Å². The molecule has 0 aromatic carbocycles. The molecule has 0 aliphatic carbocycles. The van der Waals surface area contributed by atoms with Crippen LogP contribution in [0.5, 0.6) is 0 Å². The van der Waals surface area contributed by atoms with Gasteiger partial charge in [-0.1, -0.05) is 6.92 Å². The smallest absolute Gasteiger partial charge is 0.310 e. The van der Waals surface area contributed by atoms with Gasteiger partial charge in [0.25, 0.3) is 0 Å². The third-order valence-corrected chi connectivity index (χ3v) is 6.00. The molecular formula is C20H34N6O3. The van der Waals surface area contributed by atoms with Gasteiger partial charge in [-0.25, -0.2) is 4.68 Å². The van der Waals surface area contributed by atoms with Crippen LogP contribution in [0.25, 0.3) is 0 Å². The van der Waals surface area contributed by atoms with Crippen molar-refractivity contribution in [2.45, 2.75) is 65.5 Å². The van der Waals surface area contributed by atoms with Crippen molar-refractivity contribution in [2.24, 2.45) is 11.8 Å². The molecule has 2 fully saturated rings. The molecule has 9 nitrogen and oxygen atoms in total. The Hall–Kier alpha value is -2.03. The molecule has 1 amide bonds. The highest BCUT2D eigenvalue weighted by atomic mass is 16.5. The van der Waals surface area contributed by atoms with Crippen LogP contribution in [-0.4, -0.2) is 74.7 Å². The number of amides is 1. The van der Waals surface area contributed by atoms with Crippen LogP contribution in [0.2, 0.25) is 0 Å². The average Bonchev–Trinajstić information content (AvgIpc) is 3.17. The standard InChI is InChI=1S/C20H34N6O3/c1-3-29-20(28)17-6-4-10-25(14-17)19(27)7-5-11-26-18(21-22-23-26)15-24-12-8-16(2)9-13-24/h16-17H,3-15H2,1-2H3/t17-/m1/s1. The van der Waals surface area contributed by atoms with E-state index in [1.807, 2.05) is 11.6 Å². The zero-order valence-corrected chi connectivity index (χ0v) is 17.8. The van der Waals surface area contributed by atoms with Crippen molar-refractivity contribution in [1.29, 1.82) is 0 Å². The second kappa shape index (κ2) is 10.7. The number of aromatic nitrogens is 4. The first-order valence-electron chi connectivity index (χ1n) is 11.0. The number of carbonyl (C=O) groups excluding carboxylic acids is 2. The number of nitrogens with zero attached hydrogens (tertiary/aromatic N) is 6. The molecule has 0 saturated carbocycles. The number of aryl methyl sites for hydroxylation is 1. The lowest BCUT2D eigenvalue weighted by Crippen LogP contribution is -2.42. The van der Waals surface area contributed by atoms with Crippen molar-refractivity contribution in [1.82, 2.24) is 30.0 Å². The van der Waals surface area contributed by atoms with Crippen LogP contribution in [0.4, 0.5) is 0 Å². The monoisotopic (exact) mass is 406 g/mol. The minimum Gasteiger partial charge on any atom is -0.466 e. The number of ether oxygens (including phenoxy) is 1. The highest BCUT2D eigenvalue weighted by molar-refractivity contribution is 5.78. The quantitative estimate of drug-likeness (QED) is 0.604. The summed E-state index contributed by atoms with van der Waals surface area (Å²) in [5.41, 5.74) is 0. The lowest BCUT2D eigenvalue weighted by molar-refractivity contribution is -0.151. The van der Waals surface area contributed by atoms with Crippen molar-refractivity contribution in [3.05, 3.63) is 5.82 Å². The summed E-state index contributed by atoms with van der Waals surface area (Å²) in [6.07, 6.45) is 5.22. The number of piperidine rings is 2. The first kappa shape index (κ1) is 21.7. The number of likely N-dealkylation sites (tertiary alicyclic amines) is 2. The highest BCUT2D eigenvalue weighted by Crippen LogP contribution is 2.20. The number of esters is 1. The Labute approximate surface area is 172 Å². The fourth-order valence-corrected chi connectivity index (χ4v) is 4.12. The fraction of sp³-hybridized carbons (Fsp3) is 0.850. The van der Waals surface area contributed by atoms with E-state index in [-0.39, 0.29) is 17.8 Å². The predicted molar refractivity (Wildman–Crippen MR) is 107 cm³/mol. The predicted octanol–water partition coefficient (Wildman–Crippen LogP) is 1.49.